The summed E-state index contributed by atoms with van der Waals surface area (Å²) in [5.74, 6) is 0.483. The SMILES string of the molecule is COCCc1ccc(-c2csc(CCl)n2)cc1. The first kappa shape index (κ1) is 12.6. The average molecular weight is 268 g/mol. The zero-order valence-corrected chi connectivity index (χ0v) is 11.2. The van der Waals surface area contributed by atoms with Crippen LogP contribution in [0.1, 0.15) is 10.6 Å². The van der Waals surface area contributed by atoms with Crippen molar-refractivity contribution in [3.05, 3.63) is 40.2 Å². The van der Waals surface area contributed by atoms with E-state index in [1.807, 2.05) is 5.38 Å². The molecule has 0 bridgehead atoms. The molecule has 0 radical (unpaired) electrons. The lowest BCUT2D eigenvalue weighted by Crippen LogP contribution is -1.93. The highest BCUT2D eigenvalue weighted by molar-refractivity contribution is 7.10. The van der Waals surface area contributed by atoms with Gasteiger partial charge in [0.2, 0.25) is 0 Å². The van der Waals surface area contributed by atoms with Gasteiger partial charge in [0.15, 0.2) is 0 Å². The first-order chi connectivity index (χ1) is 8.33. The zero-order chi connectivity index (χ0) is 12.1. The van der Waals surface area contributed by atoms with E-state index in [1.54, 1.807) is 18.4 Å². The Morgan fingerprint density at radius 3 is 2.65 bits per heavy atom. The van der Waals surface area contributed by atoms with Gasteiger partial charge in [-0.15, -0.1) is 22.9 Å². The maximum atomic E-state index is 5.74. The molecule has 0 aliphatic heterocycles. The largest absolute Gasteiger partial charge is 0.384 e. The van der Waals surface area contributed by atoms with E-state index >= 15 is 0 Å². The van der Waals surface area contributed by atoms with Crippen LogP contribution in [-0.4, -0.2) is 18.7 Å². The number of alkyl halides is 1. The van der Waals surface area contributed by atoms with Crippen LogP contribution in [0.2, 0.25) is 0 Å². The molecule has 2 nitrogen and oxygen atoms in total. The number of rotatable bonds is 5. The molecule has 1 aromatic heterocycles. The molecular weight excluding hydrogens is 254 g/mol. The Labute approximate surface area is 110 Å². The quantitative estimate of drug-likeness (QED) is 0.770. The molecule has 2 aromatic rings. The van der Waals surface area contributed by atoms with Crippen molar-refractivity contribution in [2.45, 2.75) is 12.3 Å². The Morgan fingerprint density at radius 1 is 1.29 bits per heavy atom. The first-order valence-corrected chi connectivity index (χ1v) is 6.83. The fourth-order valence-electron chi connectivity index (χ4n) is 1.57. The van der Waals surface area contributed by atoms with Crippen molar-refractivity contribution in [3.63, 3.8) is 0 Å². The topological polar surface area (TPSA) is 22.1 Å². The maximum Gasteiger partial charge on any atom is 0.108 e. The molecule has 0 fully saturated rings. The van der Waals surface area contributed by atoms with Gasteiger partial charge in [0.1, 0.15) is 5.01 Å². The Balaban J connectivity index is 2.11. The number of hydrogen-bond acceptors (Lipinski definition) is 3. The second-order valence-electron chi connectivity index (χ2n) is 3.70. The Kier molecular flexibility index (Phi) is 4.54. The number of thiazole rings is 1. The van der Waals surface area contributed by atoms with Crippen LogP contribution in [0.15, 0.2) is 29.6 Å². The van der Waals surface area contributed by atoms with Gasteiger partial charge in [-0.1, -0.05) is 24.3 Å². The lowest BCUT2D eigenvalue weighted by molar-refractivity contribution is 0.202. The van der Waals surface area contributed by atoms with E-state index in [0.717, 1.165) is 29.3 Å². The number of hydrogen-bond donors (Lipinski definition) is 0. The van der Waals surface area contributed by atoms with Crippen molar-refractivity contribution in [2.75, 3.05) is 13.7 Å². The molecule has 4 heteroatoms. The van der Waals surface area contributed by atoms with Gasteiger partial charge in [-0.2, -0.15) is 0 Å². The summed E-state index contributed by atoms with van der Waals surface area (Å²) < 4.78 is 5.05. The van der Waals surface area contributed by atoms with Gasteiger partial charge in [0.05, 0.1) is 18.2 Å². The molecule has 0 N–H and O–H groups in total. The van der Waals surface area contributed by atoms with E-state index in [-0.39, 0.29) is 0 Å². The highest BCUT2D eigenvalue weighted by Gasteiger charge is 2.03. The van der Waals surface area contributed by atoms with Gasteiger partial charge in [0.25, 0.3) is 0 Å². The summed E-state index contributed by atoms with van der Waals surface area (Å²) in [6.07, 6.45) is 0.945. The van der Waals surface area contributed by atoms with E-state index < -0.39 is 0 Å². The number of nitrogens with zero attached hydrogens (tertiary/aromatic N) is 1. The van der Waals surface area contributed by atoms with Crippen molar-refractivity contribution in [1.82, 2.24) is 4.98 Å². The van der Waals surface area contributed by atoms with Crippen LogP contribution in [0.25, 0.3) is 11.3 Å². The van der Waals surface area contributed by atoms with Crippen LogP contribution < -0.4 is 0 Å². The van der Waals surface area contributed by atoms with E-state index in [2.05, 4.69) is 29.2 Å². The molecule has 0 atom stereocenters. The zero-order valence-electron chi connectivity index (χ0n) is 9.65. The van der Waals surface area contributed by atoms with Crippen LogP contribution in [0.3, 0.4) is 0 Å². The van der Waals surface area contributed by atoms with Gasteiger partial charge in [0, 0.05) is 18.1 Å². The van der Waals surface area contributed by atoms with Crippen molar-refractivity contribution in [1.29, 1.82) is 0 Å². The van der Waals surface area contributed by atoms with Crippen molar-refractivity contribution < 1.29 is 4.74 Å². The van der Waals surface area contributed by atoms with E-state index in [0.29, 0.717) is 5.88 Å². The number of methoxy groups -OCH3 is 1. The number of benzene rings is 1. The molecule has 0 amide bonds. The summed E-state index contributed by atoms with van der Waals surface area (Å²) >= 11 is 7.34. The van der Waals surface area contributed by atoms with Crippen LogP contribution >= 0.6 is 22.9 Å². The predicted molar refractivity (Wildman–Crippen MR) is 72.7 cm³/mol. The van der Waals surface area contributed by atoms with Gasteiger partial charge in [-0.05, 0) is 12.0 Å². The molecule has 0 aliphatic rings. The van der Waals surface area contributed by atoms with Crippen LogP contribution in [0.5, 0.6) is 0 Å². The number of aromatic nitrogens is 1. The molecule has 17 heavy (non-hydrogen) atoms. The molecule has 0 spiro atoms. The summed E-state index contributed by atoms with van der Waals surface area (Å²) in [6.45, 7) is 0.756. The summed E-state index contributed by atoms with van der Waals surface area (Å²) in [5.41, 5.74) is 3.42. The third-order valence-corrected chi connectivity index (χ3v) is 3.77. The Morgan fingerprint density at radius 2 is 2.06 bits per heavy atom. The van der Waals surface area contributed by atoms with Gasteiger partial charge in [-0.3, -0.25) is 0 Å². The van der Waals surface area contributed by atoms with Crippen LogP contribution in [-0.2, 0) is 17.0 Å². The molecule has 90 valence electrons. The monoisotopic (exact) mass is 267 g/mol. The normalized spacial score (nSPS) is 10.7. The van der Waals surface area contributed by atoms with E-state index in [9.17, 15) is 0 Å². The number of halogens is 1. The van der Waals surface area contributed by atoms with Crippen molar-refractivity contribution in [3.8, 4) is 11.3 Å². The standard InChI is InChI=1S/C13H14ClNOS/c1-16-7-6-10-2-4-11(5-3-10)12-9-17-13(8-14)15-12/h2-5,9H,6-8H2,1H3. The molecule has 0 saturated carbocycles. The minimum absolute atomic E-state index is 0.483. The number of ether oxygens (including phenoxy) is 1. The summed E-state index contributed by atoms with van der Waals surface area (Å²) in [6, 6.07) is 8.43. The lowest BCUT2D eigenvalue weighted by atomic mass is 10.1. The predicted octanol–water partition coefficient (Wildman–Crippen LogP) is 3.74. The van der Waals surface area contributed by atoms with E-state index in [4.69, 9.17) is 16.3 Å². The third-order valence-electron chi connectivity index (χ3n) is 2.51. The molecule has 0 saturated heterocycles. The summed E-state index contributed by atoms with van der Waals surface area (Å²) in [5, 5.41) is 3.01. The van der Waals surface area contributed by atoms with Gasteiger partial charge in [-0.25, -0.2) is 4.98 Å². The second-order valence-corrected chi connectivity index (χ2v) is 4.91. The highest BCUT2D eigenvalue weighted by Crippen LogP contribution is 2.23. The third kappa shape index (κ3) is 3.28. The molecule has 0 unspecified atom stereocenters. The van der Waals surface area contributed by atoms with Crippen molar-refractivity contribution in [2.24, 2.45) is 0 Å². The van der Waals surface area contributed by atoms with Crippen LogP contribution in [0, 0.1) is 0 Å². The lowest BCUT2D eigenvalue weighted by Gasteiger charge is -2.01. The summed E-state index contributed by atoms with van der Waals surface area (Å²) in [7, 11) is 1.72. The highest BCUT2D eigenvalue weighted by atomic mass is 35.5. The van der Waals surface area contributed by atoms with E-state index in [1.165, 1.54) is 5.56 Å². The van der Waals surface area contributed by atoms with Gasteiger partial charge >= 0.3 is 0 Å². The van der Waals surface area contributed by atoms with Gasteiger partial charge < -0.3 is 4.74 Å². The average Bonchev–Trinajstić information content (AvgIpc) is 2.86. The fourth-order valence-corrected chi connectivity index (χ4v) is 2.47. The minimum Gasteiger partial charge on any atom is -0.384 e. The Bertz CT molecular complexity index is 467. The summed E-state index contributed by atoms with van der Waals surface area (Å²) in [4.78, 5) is 4.45. The molecule has 1 aromatic carbocycles. The fraction of sp³-hybridized carbons (Fsp3) is 0.308. The smallest absolute Gasteiger partial charge is 0.108 e. The molecule has 0 aliphatic carbocycles. The Hall–Kier alpha value is -0.900. The van der Waals surface area contributed by atoms with Crippen molar-refractivity contribution >= 4 is 22.9 Å². The molecular formula is C13H14ClNOS. The minimum atomic E-state index is 0.483. The second kappa shape index (κ2) is 6.15. The molecule has 2 rings (SSSR count). The first-order valence-electron chi connectivity index (χ1n) is 5.42. The maximum absolute atomic E-state index is 5.74. The molecule has 1 heterocycles. The van der Waals surface area contributed by atoms with Crippen LogP contribution in [0.4, 0.5) is 0 Å².